The van der Waals surface area contributed by atoms with Gasteiger partial charge in [-0.2, -0.15) is 0 Å². The molecule has 3 unspecified atom stereocenters. The van der Waals surface area contributed by atoms with Crippen LogP contribution < -0.4 is 10.6 Å². The predicted octanol–water partition coefficient (Wildman–Crippen LogP) is -0.127. The van der Waals surface area contributed by atoms with Crippen LogP contribution in [0, 0.1) is 5.92 Å². The summed E-state index contributed by atoms with van der Waals surface area (Å²) >= 11 is 0. The average molecular weight is 154 g/mol. The molecule has 1 aliphatic heterocycles. The molecule has 2 N–H and O–H groups in total. The Labute approximate surface area is 66.5 Å². The van der Waals surface area contributed by atoms with E-state index in [4.69, 9.17) is 0 Å². The van der Waals surface area contributed by atoms with E-state index in [2.05, 4.69) is 10.6 Å². The Kier molecular flexibility index (Phi) is 1.60. The van der Waals surface area contributed by atoms with Crippen molar-refractivity contribution < 1.29 is 4.79 Å². The monoisotopic (exact) mass is 154 g/mol. The second-order valence-electron chi connectivity index (χ2n) is 3.64. The van der Waals surface area contributed by atoms with Crippen molar-refractivity contribution in [3.8, 4) is 0 Å². The van der Waals surface area contributed by atoms with Crippen molar-refractivity contribution in [2.75, 3.05) is 6.54 Å². The summed E-state index contributed by atoms with van der Waals surface area (Å²) in [4.78, 5) is 10.7. The third kappa shape index (κ3) is 1.25. The molecule has 3 heteroatoms. The summed E-state index contributed by atoms with van der Waals surface area (Å²) in [6, 6.07) is 1.13. The van der Waals surface area contributed by atoms with Crippen molar-refractivity contribution in [3.05, 3.63) is 0 Å². The number of amides is 1. The van der Waals surface area contributed by atoms with Gasteiger partial charge in [0.05, 0.1) is 0 Å². The van der Waals surface area contributed by atoms with Crippen LogP contribution in [0.4, 0.5) is 0 Å². The Bertz CT molecular complexity index is 181. The van der Waals surface area contributed by atoms with Gasteiger partial charge in [0.25, 0.3) is 0 Å². The molecule has 1 amide bonds. The van der Waals surface area contributed by atoms with Gasteiger partial charge in [0.1, 0.15) is 0 Å². The number of carbonyl (C=O) groups is 1. The molecule has 0 spiro atoms. The number of nitrogens with one attached hydrogen (secondary N) is 2. The number of carbonyl (C=O) groups excluding carboxylic acids is 1. The van der Waals surface area contributed by atoms with Gasteiger partial charge in [-0.1, -0.05) is 0 Å². The highest BCUT2D eigenvalue weighted by molar-refractivity contribution is 5.73. The number of hydrogen-bond donors (Lipinski definition) is 2. The molecule has 2 aliphatic rings. The van der Waals surface area contributed by atoms with Crippen molar-refractivity contribution in [3.63, 3.8) is 0 Å². The van der Waals surface area contributed by atoms with E-state index >= 15 is 0 Å². The molecular weight excluding hydrogens is 140 g/mol. The summed E-state index contributed by atoms with van der Waals surface area (Å²) in [5.74, 6) is 0.812. The molecule has 2 fully saturated rings. The molecule has 2 rings (SSSR count). The summed E-state index contributed by atoms with van der Waals surface area (Å²) in [7, 11) is 0. The lowest BCUT2D eigenvalue weighted by atomic mass is 10.0. The van der Waals surface area contributed by atoms with E-state index in [1.54, 1.807) is 6.92 Å². The Morgan fingerprint density at radius 2 is 2.36 bits per heavy atom. The lowest BCUT2D eigenvalue weighted by Crippen LogP contribution is -2.43. The molecular formula is C8H14N2O. The third-order valence-corrected chi connectivity index (χ3v) is 2.75. The fraction of sp³-hybridized carbons (Fsp3) is 0.875. The van der Waals surface area contributed by atoms with Gasteiger partial charge in [0, 0.05) is 25.6 Å². The van der Waals surface area contributed by atoms with E-state index in [0.29, 0.717) is 18.0 Å². The first kappa shape index (κ1) is 7.10. The molecule has 1 heterocycles. The highest BCUT2D eigenvalue weighted by Crippen LogP contribution is 2.30. The minimum Gasteiger partial charge on any atom is -0.353 e. The maximum absolute atomic E-state index is 10.7. The van der Waals surface area contributed by atoms with Gasteiger partial charge in [0.15, 0.2) is 0 Å². The third-order valence-electron chi connectivity index (χ3n) is 2.75. The minimum atomic E-state index is 0.113. The van der Waals surface area contributed by atoms with Gasteiger partial charge in [-0.25, -0.2) is 0 Å². The van der Waals surface area contributed by atoms with E-state index in [0.717, 1.165) is 13.0 Å². The molecule has 62 valence electrons. The number of rotatable bonds is 1. The normalized spacial score (nSPS) is 41.0. The molecule has 1 aliphatic carbocycles. The molecule has 1 saturated heterocycles. The van der Waals surface area contributed by atoms with Crippen LogP contribution in [0.1, 0.15) is 19.8 Å². The van der Waals surface area contributed by atoms with Crippen LogP contribution in [0.3, 0.4) is 0 Å². The smallest absolute Gasteiger partial charge is 0.217 e. The first-order chi connectivity index (χ1) is 5.25. The molecule has 3 atom stereocenters. The standard InChI is InChI=1S/C8H14N2O/c1-5(11)10-8-3-7-2-6(8)4-9-7/h6-9H,2-4H2,1H3,(H,10,11). The predicted molar refractivity (Wildman–Crippen MR) is 42.1 cm³/mol. The number of piperidine rings is 1. The minimum absolute atomic E-state index is 0.113. The van der Waals surface area contributed by atoms with E-state index in [9.17, 15) is 4.79 Å². The lowest BCUT2D eigenvalue weighted by molar-refractivity contribution is -0.119. The van der Waals surface area contributed by atoms with E-state index < -0.39 is 0 Å². The van der Waals surface area contributed by atoms with Crippen molar-refractivity contribution in [2.24, 2.45) is 5.92 Å². The summed E-state index contributed by atoms with van der Waals surface area (Å²) in [5, 5.41) is 6.40. The molecule has 0 radical (unpaired) electrons. The summed E-state index contributed by atoms with van der Waals surface area (Å²) in [6.07, 6.45) is 2.38. The van der Waals surface area contributed by atoms with Crippen LogP contribution in [0.5, 0.6) is 0 Å². The van der Waals surface area contributed by atoms with Gasteiger partial charge < -0.3 is 10.6 Å². The quantitative estimate of drug-likeness (QED) is 0.552. The van der Waals surface area contributed by atoms with Crippen molar-refractivity contribution in [1.29, 1.82) is 0 Å². The zero-order valence-electron chi connectivity index (χ0n) is 6.76. The van der Waals surface area contributed by atoms with Gasteiger partial charge in [-0.05, 0) is 18.8 Å². The Hall–Kier alpha value is -0.570. The second kappa shape index (κ2) is 2.48. The van der Waals surface area contributed by atoms with Crippen LogP contribution in [-0.4, -0.2) is 24.5 Å². The van der Waals surface area contributed by atoms with Crippen LogP contribution >= 0.6 is 0 Å². The lowest BCUT2D eigenvalue weighted by Gasteiger charge is -2.22. The molecule has 1 saturated carbocycles. The largest absolute Gasteiger partial charge is 0.353 e. The fourth-order valence-corrected chi connectivity index (χ4v) is 2.27. The van der Waals surface area contributed by atoms with Crippen LogP contribution in [0.25, 0.3) is 0 Å². The first-order valence-corrected chi connectivity index (χ1v) is 4.26. The number of fused-ring (bicyclic) bond motifs is 2. The highest BCUT2D eigenvalue weighted by Gasteiger charge is 2.39. The zero-order chi connectivity index (χ0) is 7.84. The summed E-state index contributed by atoms with van der Waals surface area (Å²) in [5.41, 5.74) is 0. The first-order valence-electron chi connectivity index (χ1n) is 4.26. The second-order valence-corrected chi connectivity index (χ2v) is 3.64. The van der Waals surface area contributed by atoms with Crippen molar-refractivity contribution in [1.82, 2.24) is 10.6 Å². The Balaban J connectivity index is 1.92. The fourth-order valence-electron chi connectivity index (χ4n) is 2.27. The van der Waals surface area contributed by atoms with Gasteiger partial charge >= 0.3 is 0 Å². The molecule has 2 bridgehead atoms. The topological polar surface area (TPSA) is 41.1 Å². The molecule has 11 heavy (non-hydrogen) atoms. The Morgan fingerprint density at radius 3 is 2.82 bits per heavy atom. The van der Waals surface area contributed by atoms with Gasteiger partial charge in [-0.15, -0.1) is 0 Å². The molecule has 0 aromatic carbocycles. The maximum atomic E-state index is 10.7. The SMILES string of the molecule is CC(=O)NC1CC2CC1CN2. The van der Waals surface area contributed by atoms with E-state index in [-0.39, 0.29) is 5.91 Å². The summed E-state index contributed by atoms with van der Waals surface area (Å²) < 4.78 is 0. The molecule has 0 aromatic rings. The average Bonchev–Trinajstić information content (AvgIpc) is 2.45. The van der Waals surface area contributed by atoms with Crippen LogP contribution in [0.2, 0.25) is 0 Å². The maximum Gasteiger partial charge on any atom is 0.217 e. The highest BCUT2D eigenvalue weighted by atomic mass is 16.1. The van der Waals surface area contributed by atoms with Gasteiger partial charge in [0.2, 0.25) is 5.91 Å². The van der Waals surface area contributed by atoms with Gasteiger partial charge in [-0.3, -0.25) is 4.79 Å². The summed E-state index contributed by atoms with van der Waals surface area (Å²) in [6.45, 7) is 2.69. The Morgan fingerprint density at radius 1 is 1.55 bits per heavy atom. The van der Waals surface area contributed by atoms with E-state index in [1.165, 1.54) is 6.42 Å². The van der Waals surface area contributed by atoms with Crippen molar-refractivity contribution in [2.45, 2.75) is 31.8 Å². The molecule has 3 nitrogen and oxygen atoms in total. The zero-order valence-corrected chi connectivity index (χ0v) is 6.76. The molecule has 0 aromatic heterocycles. The van der Waals surface area contributed by atoms with Crippen LogP contribution in [0.15, 0.2) is 0 Å². The number of hydrogen-bond acceptors (Lipinski definition) is 2. The van der Waals surface area contributed by atoms with Crippen LogP contribution in [-0.2, 0) is 4.79 Å². The van der Waals surface area contributed by atoms with Crippen molar-refractivity contribution >= 4 is 5.91 Å². The van der Waals surface area contributed by atoms with E-state index in [1.807, 2.05) is 0 Å².